The number of aliphatic hydroxyl groups is 2. The van der Waals surface area contributed by atoms with Gasteiger partial charge >= 0.3 is 0 Å². The maximum Gasteiger partial charge on any atom is 0.0729 e. The second-order valence-corrected chi connectivity index (χ2v) is 13.0. The lowest BCUT2D eigenvalue weighted by atomic mass is 9.46. The molecule has 178 valence electrons. The second kappa shape index (κ2) is 8.46. The Hall–Kier alpha value is -0.340. The Morgan fingerprint density at radius 2 is 1.71 bits per heavy atom. The van der Waals surface area contributed by atoms with Crippen molar-refractivity contribution in [3.8, 4) is 0 Å². The SMILES string of the molecule is CCC(CCC(C)C1(O)CCC2C3CC=C4CC(O)CCC4(C)C3CCC21C)C(C)C. The summed E-state index contributed by atoms with van der Waals surface area (Å²) in [6.45, 7) is 14.4. The fourth-order valence-electron chi connectivity index (χ4n) is 9.21. The minimum Gasteiger partial charge on any atom is -0.393 e. The first-order chi connectivity index (χ1) is 14.6. The fraction of sp³-hybridized carbons (Fsp3) is 0.931. The summed E-state index contributed by atoms with van der Waals surface area (Å²) in [7, 11) is 0. The summed E-state index contributed by atoms with van der Waals surface area (Å²) in [5.41, 5.74) is 1.42. The standard InChI is InChI=1S/C29H50O2/c1-7-21(19(2)3)9-8-20(4)29(31)17-14-26-24-11-10-22-18-23(30)12-15-27(22,5)25(24)13-16-28(26,29)6/h10,19-21,23-26,30-31H,7-9,11-18H2,1-6H3. The molecule has 0 aromatic heterocycles. The van der Waals surface area contributed by atoms with Crippen LogP contribution in [-0.4, -0.2) is 21.9 Å². The van der Waals surface area contributed by atoms with Gasteiger partial charge in [0.2, 0.25) is 0 Å². The van der Waals surface area contributed by atoms with E-state index < -0.39 is 5.60 Å². The topological polar surface area (TPSA) is 40.5 Å². The van der Waals surface area contributed by atoms with Crippen molar-refractivity contribution >= 4 is 0 Å². The third kappa shape index (κ3) is 3.67. The van der Waals surface area contributed by atoms with Crippen LogP contribution < -0.4 is 0 Å². The monoisotopic (exact) mass is 430 g/mol. The van der Waals surface area contributed by atoms with E-state index in [0.717, 1.165) is 49.4 Å². The Labute approximate surface area is 192 Å². The summed E-state index contributed by atoms with van der Waals surface area (Å²) in [5, 5.41) is 22.5. The molecule has 4 aliphatic rings. The van der Waals surface area contributed by atoms with E-state index in [1.807, 2.05) is 0 Å². The van der Waals surface area contributed by atoms with Crippen LogP contribution in [0.2, 0.25) is 0 Å². The normalized spacial score (nSPS) is 46.7. The van der Waals surface area contributed by atoms with E-state index in [1.54, 1.807) is 5.57 Å². The molecule has 9 unspecified atom stereocenters. The first kappa shape index (κ1) is 23.8. The predicted octanol–water partition coefficient (Wildman–Crippen LogP) is 7.14. The third-order valence-electron chi connectivity index (χ3n) is 11.5. The van der Waals surface area contributed by atoms with E-state index in [-0.39, 0.29) is 11.5 Å². The zero-order valence-electron chi connectivity index (χ0n) is 21.3. The molecule has 0 amide bonds. The third-order valence-corrected chi connectivity index (χ3v) is 11.5. The molecule has 3 fully saturated rings. The number of hydrogen-bond acceptors (Lipinski definition) is 2. The molecule has 4 aliphatic carbocycles. The van der Waals surface area contributed by atoms with E-state index in [9.17, 15) is 10.2 Å². The first-order valence-corrected chi connectivity index (χ1v) is 13.7. The summed E-state index contributed by atoms with van der Waals surface area (Å²) in [4.78, 5) is 0. The summed E-state index contributed by atoms with van der Waals surface area (Å²) in [5.74, 6) is 4.06. The van der Waals surface area contributed by atoms with Gasteiger partial charge in [-0.15, -0.1) is 0 Å². The Bertz CT molecular complexity index is 682. The molecule has 0 aliphatic heterocycles. The smallest absolute Gasteiger partial charge is 0.0729 e. The van der Waals surface area contributed by atoms with Gasteiger partial charge < -0.3 is 10.2 Å². The molecule has 0 aromatic rings. The highest BCUT2D eigenvalue weighted by atomic mass is 16.3. The van der Waals surface area contributed by atoms with Gasteiger partial charge in [0.15, 0.2) is 0 Å². The van der Waals surface area contributed by atoms with Crippen molar-refractivity contribution in [1.82, 2.24) is 0 Å². The van der Waals surface area contributed by atoms with Crippen LogP contribution >= 0.6 is 0 Å². The van der Waals surface area contributed by atoms with Crippen molar-refractivity contribution in [3.63, 3.8) is 0 Å². The van der Waals surface area contributed by atoms with Crippen LogP contribution in [0.5, 0.6) is 0 Å². The number of hydrogen-bond donors (Lipinski definition) is 2. The van der Waals surface area contributed by atoms with Crippen LogP contribution in [0, 0.1) is 46.3 Å². The lowest BCUT2D eigenvalue weighted by Gasteiger charge is -2.59. The number of fused-ring (bicyclic) bond motifs is 5. The van der Waals surface area contributed by atoms with Gasteiger partial charge in [0.25, 0.3) is 0 Å². The molecule has 0 bridgehead atoms. The molecule has 9 atom stereocenters. The van der Waals surface area contributed by atoms with Gasteiger partial charge in [-0.2, -0.15) is 0 Å². The average Bonchev–Trinajstić information content (AvgIpc) is 3.00. The van der Waals surface area contributed by atoms with E-state index in [2.05, 4.69) is 47.6 Å². The number of rotatable bonds is 6. The Morgan fingerprint density at radius 3 is 2.39 bits per heavy atom. The number of allylic oxidation sites excluding steroid dienone is 1. The van der Waals surface area contributed by atoms with Gasteiger partial charge in [-0.05, 0) is 111 Å². The molecular weight excluding hydrogens is 380 g/mol. The van der Waals surface area contributed by atoms with E-state index in [4.69, 9.17) is 0 Å². The van der Waals surface area contributed by atoms with Crippen molar-refractivity contribution in [1.29, 1.82) is 0 Å². The molecule has 0 saturated heterocycles. The zero-order valence-corrected chi connectivity index (χ0v) is 21.3. The van der Waals surface area contributed by atoms with Crippen molar-refractivity contribution in [3.05, 3.63) is 11.6 Å². The van der Waals surface area contributed by atoms with E-state index in [1.165, 1.54) is 44.9 Å². The minimum atomic E-state index is -0.494. The Kier molecular flexibility index (Phi) is 6.50. The van der Waals surface area contributed by atoms with Crippen LogP contribution in [0.3, 0.4) is 0 Å². The maximum absolute atomic E-state index is 12.2. The number of aliphatic hydroxyl groups excluding tert-OH is 1. The minimum absolute atomic E-state index is 0.0724. The van der Waals surface area contributed by atoms with Gasteiger partial charge in [-0.1, -0.05) is 59.6 Å². The lowest BCUT2D eigenvalue weighted by molar-refractivity contribution is -0.151. The van der Waals surface area contributed by atoms with Crippen LogP contribution in [0.15, 0.2) is 11.6 Å². The average molecular weight is 431 g/mol. The lowest BCUT2D eigenvalue weighted by Crippen LogP contribution is -2.56. The molecule has 0 aromatic carbocycles. The van der Waals surface area contributed by atoms with Crippen LogP contribution in [-0.2, 0) is 0 Å². The second-order valence-electron chi connectivity index (χ2n) is 13.0. The molecule has 0 spiro atoms. The molecule has 2 heteroatoms. The highest BCUT2D eigenvalue weighted by Crippen LogP contribution is 2.68. The zero-order chi connectivity index (χ0) is 22.6. The predicted molar refractivity (Wildman–Crippen MR) is 130 cm³/mol. The van der Waals surface area contributed by atoms with Gasteiger partial charge in [0.1, 0.15) is 0 Å². The largest absolute Gasteiger partial charge is 0.393 e. The Morgan fingerprint density at radius 1 is 1.00 bits per heavy atom. The van der Waals surface area contributed by atoms with Crippen molar-refractivity contribution < 1.29 is 10.2 Å². The van der Waals surface area contributed by atoms with Crippen LogP contribution in [0.4, 0.5) is 0 Å². The van der Waals surface area contributed by atoms with Gasteiger partial charge in [0, 0.05) is 0 Å². The summed E-state index contributed by atoms with van der Waals surface area (Å²) in [6.07, 6.45) is 14.9. The fourth-order valence-corrected chi connectivity index (χ4v) is 9.21. The van der Waals surface area contributed by atoms with Gasteiger partial charge in [-0.3, -0.25) is 0 Å². The molecule has 0 heterocycles. The van der Waals surface area contributed by atoms with Crippen molar-refractivity contribution in [2.75, 3.05) is 0 Å². The summed E-state index contributed by atoms with van der Waals surface area (Å²) < 4.78 is 0. The van der Waals surface area contributed by atoms with Gasteiger partial charge in [0.05, 0.1) is 11.7 Å². The van der Waals surface area contributed by atoms with Crippen molar-refractivity contribution in [2.24, 2.45) is 46.3 Å². The molecule has 0 radical (unpaired) electrons. The summed E-state index contributed by atoms with van der Waals surface area (Å²) >= 11 is 0. The highest BCUT2D eigenvalue weighted by molar-refractivity contribution is 5.26. The van der Waals surface area contributed by atoms with E-state index >= 15 is 0 Å². The maximum atomic E-state index is 12.2. The molecule has 2 N–H and O–H groups in total. The van der Waals surface area contributed by atoms with Crippen molar-refractivity contribution in [2.45, 2.75) is 124 Å². The van der Waals surface area contributed by atoms with E-state index in [0.29, 0.717) is 17.3 Å². The summed E-state index contributed by atoms with van der Waals surface area (Å²) in [6, 6.07) is 0. The molecule has 3 saturated carbocycles. The molecule has 31 heavy (non-hydrogen) atoms. The van der Waals surface area contributed by atoms with Gasteiger partial charge in [-0.25, -0.2) is 0 Å². The van der Waals surface area contributed by atoms with Crippen LogP contribution in [0.1, 0.15) is 112 Å². The first-order valence-electron chi connectivity index (χ1n) is 13.7. The molecule has 2 nitrogen and oxygen atoms in total. The molecule has 4 rings (SSSR count). The Balaban J connectivity index is 1.52. The molecular formula is C29H50O2. The quantitative estimate of drug-likeness (QED) is 0.440. The van der Waals surface area contributed by atoms with Crippen LogP contribution in [0.25, 0.3) is 0 Å². The highest BCUT2D eigenvalue weighted by Gasteiger charge is 2.64.